The molecule has 2 aliphatic rings. The fourth-order valence-electron chi connectivity index (χ4n) is 4.13. The topological polar surface area (TPSA) is 38.1 Å². The van der Waals surface area contributed by atoms with Crippen LogP contribution in [0.5, 0.6) is 0 Å². The van der Waals surface area contributed by atoms with Crippen LogP contribution >= 0.6 is 0 Å². The number of amides is 1. The number of aromatic nitrogens is 2. The SMILES string of the molecule is Cc1cc(C)n(C[C@@H]2CCCN2C(=O)[C@@H]2C[C@@H]2c2ccc(F)cc2)n1. The molecule has 1 saturated heterocycles. The van der Waals surface area contributed by atoms with Crippen molar-refractivity contribution in [1.29, 1.82) is 0 Å². The molecule has 0 spiro atoms. The van der Waals surface area contributed by atoms with Crippen LogP contribution in [0.4, 0.5) is 4.39 Å². The Morgan fingerprint density at radius 2 is 2.04 bits per heavy atom. The van der Waals surface area contributed by atoms with Gasteiger partial charge in [0.25, 0.3) is 0 Å². The van der Waals surface area contributed by atoms with Crippen molar-refractivity contribution < 1.29 is 9.18 Å². The molecule has 1 aromatic carbocycles. The molecule has 1 saturated carbocycles. The number of benzene rings is 1. The minimum atomic E-state index is -0.225. The van der Waals surface area contributed by atoms with E-state index in [2.05, 4.69) is 23.0 Å². The Balaban J connectivity index is 1.43. The summed E-state index contributed by atoms with van der Waals surface area (Å²) in [5.41, 5.74) is 3.24. The van der Waals surface area contributed by atoms with Crippen molar-refractivity contribution in [2.45, 2.75) is 51.6 Å². The molecule has 1 aliphatic heterocycles. The van der Waals surface area contributed by atoms with Gasteiger partial charge in [-0.3, -0.25) is 9.48 Å². The maximum Gasteiger partial charge on any atom is 0.226 e. The maximum absolute atomic E-state index is 13.1. The van der Waals surface area contributed by atoms with E-state index in [9.17, 15) is 9.18 Å². The molecule has 4 rings (SSSR count). The molecular formula is C20H24FN3O. The lowest BCUT2D eigenvalue weighted by Gasteiger charge is -2.25. The number of halogens is 1. The monoisotopic (exact) mass is 341 g/mol. The van der Waals surface area contributed by atoms with Crippen LogP contribution in [-0.4, -0.2) is 33.2 Å². The molecular weight excluding hydrogens is 317 g/mol. The van der Waals surface area contributed by atoms with E-state index in [-0.39, 0.29) is 29.6 Å². The largest absolute Gasteiger partial charge is 0.338 e. The van der Waals surface area contributed by atoms with E-state index in [4.69, 9.17) is 0 Å². The third-order valence-corrected chi connectivity index (χ3v) is 5.55. The van der Waals surface area contributed by atoms with Crippen LogP contribution < -0.4 is 0 Å². The summed E-state index contributed by atoms with van der Waals surface area (Å²) in [6, 6.07) is 8.90. The molecule has 1 amide bonds. The summed E-state index contributed by atoms with van der Waals surface area (Å²) >= 11 is 0. The Morgan fingerprint density at radius 1 is 1.28 bits per heavy atom. The average molecular weight is 341 g/mol. The van der Waals surface area contributed by atoms with Crippen LogP contribution in [0.25, 0.3) is 0 Å². The third-order valence-electron chi connectivity index (χ3n) is 5.55. The second kappa shape index (κ2) is 6.28. The molecule has 3 atom stereocenters. The minimum absolute atomic E-state index is 0.0616. The van der Waals surface area contributed by atoms with Gasteiger partial charge in [-0.15, -0.1) is 0 Å². The van der Waals surface area contributed by atoms with Crippen molar-refractivity contribution in [3.63, 3.8) is 0 Å². The highest BCUT2D eigenvalue weighted by atomic mass is 19.1. The van der Waals surface area contributed by atoms with E-state index in [0.717, 1.165) is 49.3 Å². The van der Waals surface area contributed by atoms with Crippen molar-refractivity contribution in [2.24, 2.45) is 5.92 Å². The summed E-state index contributed by atoms with van der Waals surface area (Å²) in [5.74, 6) is 0.352. The molecule has 0 unspecified atom stereocenters. The summed E-state index contributed by atoms with van der Waals surface area (Å²) in [6.07, 6.45) is 2.98. The van der Waals surface area contributed by atoms with Crippen molar-refractivity contribution in [3.05, 3.63) is 53.1 Å². The number of carbonyl (C=O) groups excluding carboxylic acids is 1. The lowest BCUT2D eigenvalue weighted by Crippen LogP contribution is -2.39. The van der Waals surface area contributed by atoms with Gasteiger partial charge in [-0.2, -0.15) is 5.10 Å². The van der Waals surface area contributed by atoms with Gasteiger partial charge in [-0.05, 0) is 62.8 Å². The molecule has 0 radical (unpaired) electrons. The smallest absolute Gasteiger partial charge is 0.226 e. The molecule has 0 bridgehead atoms. The van der Waals surface area contributed by atoms with Gasteiger partial charge < -0.3 is 4.90 Å². The number of carbonyl (C=O) groups is 1. The minimum Gasteiger partial charge on any atom is -0.338 e. The van der Waals surface area contributed by atoms with Gasteiger partial charge in [-0.1, -0.05) is 12.1 Å². The van der Waals surface area contributed by atoms with E-state index in [1.54, 1.807) is 0 Å². The second-order valence-electron chi connectivity index (χ2n) is 7.44. The van der Waals surface area contributed by atoms with Gasteiger partial charge >= 0.3 is 0 Å². The van der Waals surface area contributed by atoms with Crippen molar-refractivity contribution in [1.82, 2.24) is 14.7 Å². The zero-order valence-corrected chi connectivity index (χ0v) is 14.8. The van der Waals surface area contributed by atoms with E-state index < -0.39 is 0 Å². The first kappa shape index (κ1) is 16.3. The molecule has 4 nitrogen and oxygen atoms in total. The predicted molar refractivity (Wildman–Crippen MR) is 93.7 cm³/mol. The van der Waals surface area contributed by atoms with Gasteiger partial charge in [0, 0.05) is 18.2 Å². The van der Waals surface area contributed by atoms with Gasteiger partial charge in [0.15, 0.2) is 0 Å². The van der Waals surface area contributed by atoms with Crippen molar-refractivity contribution in [3.8, 4) is 0 Å². The van der Waals surface area contributed by atoms with Crippen LogP contribution in [0.15, 0.2) is 30.3 Å². The molecule has 5 heteroatoms. The van der Waals surface area contributed by atoms with E-state index in [1.165, 1.54) is 12.1 Å². The summed E-state index contributed by atoms with van der Waals surface area (Å²) in [6.45, 7) is 5.68. The molecule has 132 valence electrons. The third kappa shape index (κ3) is 3.20. The number of likely N-dealkylation sites (tertiary alicyclic amines) is 1. The van der Waals surface area contributed by atoms with E-state index >= 15 is 0 Å². The van der Waals surface area contributed by atoms with Crippen LogP contribution in [0, 0.1) is 25.6 Å². The Hall–Kier alpha value is -2.17. The highest BCUT2D eigenvalue weighted by Gasteiger charge is 2.47. The van der Waals surface area contributed by atoms with E-state index in [1.807, 2.05) is 23.7 Å². The second-order valence-corrected chi connectivity index (χ2v) is 7.44. The number of aryl methyl sites for hydroxylation is 2. The Labute approximate surface area is 147 Å². The fraction of sp³-hybridized carbons (Fsp3) is 0.500. The van der Waals surface area contributed by atoms with Crippen LogP contribution in [0.1, 0.15) is 42.1 Å². The van der Waals surface area contributed by atoms with Gasteiger partial charge in [-0.25, -0.2) is 4.39 Å². The molecule has 0 N–H and O–H groups in total. The number of hydrogen-bond acceptors (Lipinski definition) is 2. The molecule has 25 heavy (non-hydrogen) atoms. The lowest BCUT2D eigenvalue weighted by molar-refractivity contribution is -0.133. The first-order chi connectivity index (χ1) is 12.0. The highest BCUT2D eigenvalue weighted by Crippen LogP contribution is 2.49. The van der Waals surface area contributed by atoms with Crippen molar-refractivity contribution in [2.75, 3.05) is 6.54 Å². The normalized spacial score (nSPS) is 25.4. The molecule has 2 heterocycles. The van der Waals surface area contributed by atoms with Gasteiger partial charge in [0.05, 0.1) is 18.3 Å². The maximum atomic E-state index is 13.1. The first-order valence-electron chi connectivity index (χ1n) is 9.10. The predicted octanol–water partition coefficient (Wildman–Crippen LogP) is 3.43. The average Bonchev–Trinajstić information content (AvgIpc) is 3.14. The zero-order valence-electron chi connectivity index (χ0n) is 14.8. The van der Waals surface area contributed by atoms with Gasteiger partial charge in [0.1, 0.15) is 5.82 Å². The number of hydrogen-bond donors (Lipinski definition) is 0. The lowest BCUT2D eigenvalue weighted by atomic mass is 10.1. The van der Waals surface area contributed by atoms with Crippen LogP contribution in [0.2, 0.25) is 0 Å². The summed E-state index contributed by atoms with van der Waals surface area (Å²) < 4.78 is 15.1. The number of rotatable bonds is 4. The molecule has 1 aromatic heterocycles. The molecule has 2 fully saturated rings. The first-order valence-corrected chi connectivity index (χ1v) is 9.10. The Bertz CT molecular complexity index is 783. The fourth-order valence-corrected chi connectivity index (χ4v) is 4.13. The molecule has 2 aromatic rings. The van der Waals surface area contributed by atoms with Crippen molar-refractivity contribution >= 4 is 5.91 Å². The number of nitrogens with zero attached hydrogens (tertiary/aromatic N) is 3. The zero-order chi connectivity index (χ0) is 17.6. The van der Waals surface area contributed by atoms with Gasteiger partial charge in [0.2, 0.25) is 5.91 Å². The summed E-state index contributed by atoms with van der Waals surface area (Å²) in [4.78, 5) is 15.0. The molecule has 1 aliphatic carbocycles. The van der Waals surface area contributed by atoms with Crippen LogP contribution in [0.3, 0.4) is 0 Å². The van der Waals surface area contributed by atoms with E-state index in [0.29, 0.717) is 0 Å². The quantitative estimate of drug-likeness (QED) is 0.854. The Kier molecular flexibility index (Phi) is 4.10. The van der Waals surface area contributed by atoms with Crippen LogP contribution in [-0.2, 0) is 11.3 Å². The standard InChI is InChI=1S/C20H24FN3O/c1-13-10-14(2)24(22-13)12-17-4-3-9-23(17)20(25)19-11-18(19)15-5-7-16(21)8-6-15/h5-8,10,17-19H,3-4,9,11-12H2,1-2H3/t17-,18+,19+/m0/s1. The summed E-state index contributed by atoms with van der Waals surface area (Å²) in [7, 11) is 0. The highest BCUT2D eigenvalue weighted by molar-refractivity contribution is 5.83. The Morgan fingerprint density at radius 3 is 2.72 bits per heavy atom. The summed E-state index contributed by atoms with van der Waals surface area (Å²) in [5, 5.41) is 4.54.